The van der Waals surface area contributed by atoms with E-state index in [1.807, 2.05) is 0 Å². The van der Waals surface area contributed by atoms with Crippen LogP contribution in [0.25, 0.3) is 0 Å². The van der Waals surface area contributed by atoms with Gasteiger partial charge in [0.25, 0.3) is 0 Å². The van der Waals surface area contributed by atoms with Gasteiger partial charge in [-0.3, -0.25) is 0 Å². The van der Waals surface area contributed by atoms with Gasteiger partial charge in [0.2, 0.25) is 0 Å². The van der Waals surface area contributed by atoms with Gasteiger partial charge in [-0.05, 0) is 0 Å². The normalized spacial score (nSPS) is 8.29. The van der Waals surface area contributed by atoms with Crippen molar-refractivity contribution in [1.29, 1.82) is 0 Å². The van der Waals surface area contributed by atoms with E-state index in [0.29, 0.717) is 0 Å². The molecule has 0 aliphatic rings. The van der Waals surface area contributed by atoms with E-state index in [2.05, 4.69) is 0 Å². The second-order valence-corrected chi connectivity index (χ2v) is 1.85. The molecule has 0 spiro atoms. The summed E-state index contributed by atoms with van der Waals surface area (Å²) in [5.74, 6) is 0. The van der Waals surface area contributed by atoms with Gasteiger partial charge in [-0.25, -0.2) is 0 Å². The molecule has 0 saturated heterocycles. The van der Waals surface area contributed by atoms with E-state index in [1.165, 1.54) is 0 Å². The van der Waals surface area contributed by atoms with Gasteiger partial charge in [0.15, 0.2) is 0 Å². The van der Waals surface area contributed by atoms with E-state index >= 15 is 0 Å². The van der Waals surface area contributed by atoms with Crippen molar-refractivity contribution in [2.24, 2.45) is 0 Å². The summed E-state index contributed by atoms with van der Waals surface area (Å²) in [6.07, 6.45) is 0. The fraction of sp³-hybridized carbons (Fsp3) is 0. The second kappa shape index (κ2) is 6.34. The van der Waals surface area contributed by atoms with Gasteiger partial charge in [-0.1, -0.05) is 0 Å². The van der Waals surface area contributed by atoms with Crippen LogP contribution in [0.5, 0.6) is 0 Å². The van der Waals surface area contributed by atoms with Gasteiger partial charge in [0, 0.05) is 17.4 Å². The van der Waals surface area contributed by atoms with Crippen molar-refractivity contribution < 1.29 is 99.7 Å². The fourth-order valence-electron chi connectivity index (χ4n) is 0. The van der Waals surface area contributed by atoms with Crippen LogP contribution >= 0.6 is 0 Å². The molecule has 0 aromatic heterocycles. The van der Waals surface area contributed by atoms with Crippen LogP contribution in [0.1, 0.15) is 1.43 Å². The van der Waals surface area contributed by atoms with Gasteiger partial charge in [0.05, 0.1) is 0 Å². The van der Waals surface area contributed by atoms with Crippen LogP contribution in [0.15, 0.2) is 0 Å². The van der Waals surface area contributed by atoms with Gasteiger partial charge in [-0.2, -0.15) is 0 Å². The molecule has 0 heterocycles. The number of hydrogen-bond donors (Lipinski definition) is 2. The van der Waals surface area contributed by atoms with E-state index in [4.69, 9.17) is 15.9 Å². The Morgan fingerprint density at radius 3 is 1.29 bits per heavy atom. The molecule has 40 valence electrons. The van der Waals surface area contributed by atoms with Gasteiger partial charge >= 0.3 is 80.9 Å². The molecule has 0 saturated carbocycles. The Morgan fingerprint density at radius 2 is 1.29 bits per heavy atom. The average Bonchev–Trinajstić information content (AvgIpc) is 0.722. The van der Waals surface area contributed by atoms with Gasteiger partial charge < -0.3 is 1.43 Å². The molecule has 0 fully saturated rings. The standard InChI is InChI=1S/2Cr.K.2H2O.2O.H/h;;;2*1H2;;;/q;+2;+1;;;;;-1/p-2. The SMILES string of the molecule is [Cr].[H-].[K+].[O]=[Cr](=[O])([OH])[OH]. The molecule has 2 N–H and O–H groups in total. The Labute approximate surface area is 97.7 Å². The Morgan fingerprint density at radius 1 is 1.29 bits per heavy atom. The van der Waals surface area contributed by atoms with Gasteiger partial charge in [-0.15, -0.1) is 0 Å². The third-order valence-electron chi connectivity index (χ3n) is 0. The topological polar surface area (TPSA) is 74.6 Å². The zero-order chi connectivity index (χ0) is 4.50. The molecule has 0 bridgehead atoms. The Kier molecular flexibility index (Phi) is 14.6. The third kappa shape index (κ3) is 64.5. The molecule has 0 aromatic rings. The molecular formula is H3Cr2KO4. The fourth-order valence-corrected chi connectivity index (χ4v) is 0. The summed E-state index contributed by atoms with van der Waals surface area (Å²) < 4.78 is 31.9. The van der Waals surface area contributed by atoms with Crippen molar-refractivity contribution in [2.75, 3.05) is 0 Å². The Bertz CT molecular complexity index is 97.2. The van der Waals surface area contributed by atoms with Crippen molar-refractivity contribution in [3.63, 3.8) is 0 Å². The maximum absolute atomic E-state index is 8.82. The summed E-state index contributed by atoms with van der Waals surface area (Å²) in [7, 11) is 0. The summed E-state index contributed by atoms with van der Waals surface area (Å²) in [6, 6.07) is 0. The summed E-state index contributed by atoms with van der Waals surface area (Å²) >= 11 is -5.25. The van der Waals surface area contributed by atoms with E-state index in [-0.39, 0.29) is 70.2 Å². The molecule has 4 nitrogen and oxygen atoms in total. The minimum absolute atomic E-state index is 0. The van der Waals surface area contributed by atoms with Crippen molar-refractivity contribution >= 4 is 0 Å². The van der Waals surface area contributed by atoms with Crippen molar-refractivity contribution in [2.45, 2.75) is 0 Å². The summed E-state index contributed by atoms with van der Waals surface area (Å²) in [5.41, 5.74) is 0. The average molecular weight is 210 g/mol. The molecular weight excluding hydrogens is 207 g/mol. The molecule has 0 unspecified atom stereocenters. The predicted octanol–water partition coefficient (Wildman–Crippen LogP) is -4.24. The minimum atomic E-state index is -5.25. The van der Waals surface area contributed by atoms with Crippen molar-refractivity contribution in [3.05, 3.63) is 0 Å². The van der Waals surface area contributed by atoms with Crippen LogP contribution in [0, 0.1) is 0 Å². The van der Waals surface area contributed by atoms with Crippen LogP contribution in [0.4, 0.5) is 0 Å². The monoisotopic (exact) mass is 210 g/mol. The zero-order valence-electron chi connectivity index (χ0n) is 4.53. The molecule has 0 aliphatic carbocycles. The van der Waals surface area contributed by atoms with Crippen molar-refractivity contribution in [1.82, 2.24) is 0 Å². The van der Waals surface area contributed by atoms with E-state index in [0.717, 1.165) is 0 Å². The molecule has 0 amide bonds. The van der Waals surface area contributed by atoms with Crippen molar-refractivity contribution in [3.8, 4) is 0 Å². The van der Waals surface area contributed by atoms with Crippen LogP contribution in [-0.4, -0.2) is 8.32 Å². The number of hydrogen-bond acceptors (Lipinski definition) is 2. The quantitative estimate of drug-likeness (QED) is 0.397. The predicted molar refractivity (Wildman–Crippen MR) is 6.92 cm³/mol. The Balaban J connectivity index is -0.0000000267. The zero-order valence-corrected chi connectivity index (χ0v) is 9.20. The second-order valence-electron chi connectivity index (χ2n) is 0.448. The maximum atomic E-state index is 8.82. The first kappa shape index (κ1) is 16.1. The molecule has 0 radical (unpaired) electrons. The van der Waals surface area contributed by atoms with E-state index < -0.39 is 13.6 Å². The van der Waals surface area contributed by atoms with E-state index in [1.54, 1.807) is 0 Å². The van der Waals surface area contributed by atoms with Crippen LogP contribution in [0.2, 0.25) is 0 Å². The Hall–Kier alpha value is 2.22. The molecule has 7 heteroatoms. The molecule has 7 heavy (non-hydrogen) atoms. The first-order valence-electron chi connectivity index (χ1n) is 0.698. The third-order valence-corrected chi connectivity index (χ3v) is 0. The summed E-state index contributed by atoms with van der Waals surface area (Å²) in [4.78, 5) is 0. The summed E-state index contributed by atoms with van der Waals surface area (Å²) in [5, 5.41) is 0. The van der Waals surface area contributed by atoms with Gasteiger partial charge in [0.1, 0.15) is 0 Å². The van der Waals surface area contributed by atoms with E-state index in [9.17, 15) is 0 Å². The first-order chi connectivity index (χ1) is 2.00. The van der Waals surface area contributed by atoms with Crippen LogP contribution in [-0.2, 0) is 38.6 Å². The van der Waals surface area contributed by atoms with Crippen LogP contribution < -0.4 is 51.4 Å². The van der Waals surface area contributed by atoms with Crippen LogP contribution in [0.3, 0.4) is 0 Å². The molecule has 0 aliphatic heterocycles. The first-order valence-corrected chi connectivity index (χ1v) is 2.88. The number of rotatable bonds is 0. The molecule has 0 atom stereocenters. The molecule has 0 aromatic carbocycles. The molecule has 0 rings (SSSR count). The summed E-state index contributed by atoms with van der Waals surface area (Å²) in [6.45, 7) is 0.